The molecular formula is C15H26N2O4S2. The van der Waals surface area contributed by atoms with Gasteiger partial charge >= 0.3 is 0 Å². The average molecular weight is 363 g/mol. The standard InChI is InChI=1S/C15H26N2O4S2/c1-5-10-16(11-6-2)22(18,19)14-9-15-23(20,21)17(12-7-3)13-8-4/h5-8H,1-4,9-15H2. The first kappa shape index (κ1) is 21.8. The van der Waals surface area contributed by atoms with Gasteiger partial charge in [-0.25, -0.2) is 16.8 Å². The van der Waals surface area contributed by atoms with Crippen molar-refractivity contribution in [3.8, 4) is 0 Å². The summed E-state index contributed by atoms with van der Waals surface area (Å²) >= 11 is 0. The Morgan fingerprint density at radius 2 is 0.870 bits per heavy atom. The van der Waals surface area contributed by atoms with E-state index in [9.17, 15) is 16.8 Å². The summed E-state index contributed by atoms with van der Waals surface area (Å²) in [6, 6.07) is 0. The van der Waals surface area contributed by atoms with Crippen LogP contribution in [0.2, 0.25) is 0 Å². The molecular weight excluding hydrogens is 336 g/mol. The summed E-state index contributed by atoms with van der Waals surface area (Å²) in [5, 5.41) is 0. The molecule has 0 spiro atoms. The minimum atomic E-state index is -3.55. The van der Waals surface area contributed by atoms with E-state index in [2.05, 4.69) is 26.3 Å². The van der Waals surface area contributed by atoms with Crippen LogP contribution in [-0.4, -0.2) is 63.1 Å². The first-order valence-electron chi connectivity index (χ1n) is 7.14. The molecule has 0 unspecified atom stereocenters. The highest BCUT2D eigenvalue weighted by molar-refractivity contribution is 7.90. The predicted molar refractivity (Wildman–Crippen MR) is 96.1 cm³/mol. The van der Waals surface area contributed by atoms with Crippen LogP contribution in [0, 0.1) is 0 Å². The lowest BCUT2D eigenvalue weighted by Gasteiger charge is -2.21. The predicted octanol–water partition coefficient (Wildman–Crippen LogP) is 1.38. The molecule has 0 saturated heterocycles. The van der Waals surface area contributed by atoms with Crippen LogP contribution in [0.1, 0.15) is 6.42 Å². The highest BCUT2D eigenvalue weighted by atomic mass is 32.2. The van der Waals surface area contributed by atoms with E-state index in [4.69, 9.17) is 0 Å². The Labute approximate surface area is 140 Å². The summed E-state index contributed by atoms with van der Waals surface area (Å²) in [5.41, 5.74) is 0. The van der Waals surface area contributed by atoms with E-state index in [-0.39, 0.29) is 44.1 Å². The van der Waals surface area contributed by atoms with Gasteiger partial charge in [-0.15, -0.1) is 26.3 Å². The van der Waals surface area contributed by atoms with Crippen molar-refractivity contribution < 1.29 is 16.8 Å². The van der Waals surface area contributed by atoms with Gasteiger partial charge in [-0.3, -0.25) is 0 Å². The van der Waals surface area contributed by atoms with Gasteiger partial charge in [0.2, 0.25) is 20.0 Å². The van der Waals surface area contributed by atoms with Crippen molar-refractivity contribution >= 4 is 20.0 Å². The van der Waals surface area contributed by atoms with Crippen molar-refractivity contribution in [1.29, 1.82) is 0 Å². The lowest BCUT2D eigenvalue weighted by molar-refractivity contribution is 0.468. The average Bonchev–Trinajstić information content (AvgIpc) is 2.46. The van der Waals surface area contributed by atoms with Crippen LogP contribution in [0.5, 0.6) is 0 Å². The third kappa shape index (κ3) is 7.74. The maximum atomic E-state index is 12.2. The first-order valence-corrected chi connectivity index (χ1v) is 10.4. The third-order valence-corrected chi connectivity index (χ3v) is 6.70. The molecule has 0 aliphatic rings. The van der Waals surface area contributed by atoms with Gasteiger partial charge in [0.25, 0.3) is 0 Å². The smallest absolute Gasteiger partial charge is 0.212 e. The van der Waals surface area contributed by atoms with Crippen LogP contribution in [0.4, 0.5) is 0 Å². The van der Waals surface area contributed by atoms with Crippen molar-refractivity contribution in [2.75, 3.05) is 37.7 Å². The normalized spacial score (nSPS) is 12.3. The highest BCUT2D eigenvalue weighted by Gasteiger charge is 2.23. The maximum absolute atomic E-state index is 12.2. The van der Waals surface area contributed by atoms with E-state index < -0.39 is 20.0 Å². The molecule has 0 aromatic rings. The number of hydrogen-bond donors (Lipinski definition) is 0. The quantitative estimate of drug-likeness (QED) is 0.438. The monoisotopic (exact) mass is 362 g/mol. The molecule has 0 saturated carbocycles. The van der Waals surface area contributed by atoms with Gasteiger partial charge in [-0.2, -0.15) is 8.61 Å². The zero-order chi connectivity index (χ0) is 17.9. The van der Waals surface area contributed by atoms with Gasteiger partial charge in [0.15, 0.2) is 0 Å². The molecule has 132 valence electrons. The fourth-order valence-electron chi connectivity index (χ4n) is 1.86. The molecule has 0 fully saturated rings. The van der Waals surface area contributed by atoms with Crippen LogP contribution in [0.15, 0.2) is 50.6 Å². The summed E-state index contributed by atoms with van der Waals surface area (Å²) in [7, 11) is -7.10. The van der Waals surface area contributed by atoms with Crippen molar-refractivity contribution in [3.63, 3.8) is 0 Å². The molecule has 0 atom stereocenters. The Bertz CT molecular complexity index is 535. The summed E-state index contributed by atoms with van der Waals surface area (Å²) in [6.45, 7) is 14.7. The molecule has 0 aromatic carbocycles. The zero-order valence-electron chi connectivity index (χ0n) is 13.4. The molecule has 0 bridgehead atoms. The highest BCUT2D eigenvalue weighted by Crippen LogP contribution is 2.08. The minimum absolute atomic E-state index is 0.0141. The lowest BCUT2D eigenvalue weighted by atomic mass is 10.5. The van der Waals surface area contributed by atoms with Crippen LogP contribution in [0.3, 0.4) is 0 Å². The Morgan fingerprint density at radius 1 is 0.609 bits per heavy atom. The maximum Gasteiger partial charge on any atom is 0.214 e. The van der Waals surface area contributed by atoms with Crippen molar-refractivity contribution in [1.82, 2.24) is 8.61 Å². The Kier molecular flexibility index (Phi) is 9.98. The van der Waals surface area contributed by atoms with E-state index in [1.165, 1.54) is 32.9 Å². The molecule has 0 aliphatic heterocycles. The summed E-state index contributed by atoms with van der Waals surface area (Å²) < 4.78 is 51.3. The SMILES string of the molecule is C=CCN(CC=C)S(=O)(=O)CCCS(=O)(=O)N(CC=C)CC=C. The molecule has 0 heterocycles. The molecule has 0 aliphatic carbocycles. The van der Waals surface area contributed by atoms with Gasteiger partial charge in [-0.1, -0.05) is 24.3 Å². The molecule has 0 N–H and O–H groups in total. The molecule has 0 rings (SSSR count). The molecule has 6 nitrogen and oxygen atoms in total. The third-order valence-electron chi connectivity index (χ3n) is 2.92. The molecule has 8 heteroatoms. The van der Waals surface area contributed by atoms with E-state index in [0.29, 0.717) is 0 Å². The van der Waals surface area contributed by atoms with Crippen LogP contribution in [-0.2, 0) is 20.0 Å². The largest absolute Gasteiger partial charge is 0.214 e. The van der Waals surface area contributed by atoms with Gasteiger partial charge in [0.1, 0.15) is 0 Å². The fraction of sp³-hybridized carbons (Fsp3) is 0.467. The Balaban J connectivity index is 4.83. The molecule has 0 radical (unpaired) electrons. The minimum Gasteiger partial charge on any atom is -0.212 e. The Morgan fingerprint density at radius 3 is 1.09 bits per heavy atom. The summed E-state index contributed by atoms with van der Waals surface area (Å²) in [4.78, 5) is 0. The van der Waals surface area contributed by atoms with Gasteiger partial charge < -0.3 is 0 Å². The van der Waals surface area contributed by atoms with E-state index >= 15 is 0 Å². The van der Waals surface area contributed by atoms with Crippen LogP contribution >= 0.6 is 0 Å². The van der Waals surface area contributed by atoms with Gasteiger partial charge in [0.05, 0.1) is 11.5 Å². The summed E-state index contributed by atoms with van der Waals surface area (Å²) in [5.74, 6) is -0.492. The topological polar surface area (TPSA) is 74.8 Å². The second kappa shape index (κ2) is 10.5. The second-order valence-corrected chi connectivity index (χ2v) is 8.95. The van der Waals surface area contributed by atoms with E-state index in [1.807, 2.05) is 0 Å². The van der Waals surface area contributed by atoms with Crippen molar-refractivity contribution in [2.24, 2.45) is 0 Å². The summed E-state index contributed by atoms with van der Waals surface area (Å²) in [6.07, 6.45) is 5.93. The Hall–Kier alpha value is -1.22. The van der Waals surface area contributed by atoms with Crippen LogP contribution in [0.25, 0.3) is 0 Å². The molecule has 0 amide bonds. The number of nitrogens with zero attached hydrogens (tertiary/aromatic N) is 2. The molecule has 0 aromatic heterocycles. The van der Waals surface area contributed by atoms with Crippen LogP contribution < -0.4 is 0 Å². The van der Waals surface area contributed by atoms with Gasteiger partial charge in [0, 0.05) is 26.2 Å². The first-order chi connectivity index (χ1) is 10.7. The second-order valence-electron chi connectivity index (χ2n) is 4.77. The number of rotatable bonds is 14. The van der Waals surface area contributed by atoms with Crippen molar-refractivity contribution in [2.45, 2.75) is 6.42 Å². The van der Waals surface area contributed by atoms with E-state index in [1.54, 1.807) is 0 Å². The molecule has 23 heavy (non-hydrogen) atoms. The van der Waals surface area contributed by atoms with E-state index in [0.717, 1.165) is 0 Å². The fourth-order valence-corrected chi connectivity index (χ4v) is 4.91. The van der Waals surface area contributed by atoms with Gasteiger partial charge in [-0.05, 0) is 6.42 Å². The number of sulfonamides is 2. The number of hydrogen-bond acceptors (Lipinski definition) is 4. The lowest BCUT2D eigenvalue weighted by Crippen LogP contribution is -2.36. The van der Waals surface area contributed by atoms with Crippen molar-refractivity contribution in [3.05, 3.63) is 50.6 Å². The zero-order valence-corrected chi connectivity index (χ0v) is 15.1.